The average Bonchev–Trinajstić information content (AvgIpc) is 3.36. The predicted molar refractivity (Wildman–Crippen MR) is 185 cm³/mol. The first-order chi connectivity index (χ1) is 21.7. The summed E-state index contributed by atoms with van der Waals surface area (Å²) in [5.41, 5.74) is 4.11. The highest BCUT2D eigenvalue weighted by Crippen LogP contribution is 2.35. The van der Waals surface area contributed by atoms with Gasteiger partial charge in [-0.1, -0.05) is 86.1 Å². The van der Waals surface area contributed by atoms with Gasteiger partial charge in [0.15, 0.2) is 0 Å². The predicted octanol–water partition coefficient (Wildman–Crippen LogP) is 8.26. The molecule has 2 N–H and O–H groups in total. The molecule has 0 atom stereocenters. The number of carbonyl (C=O) groups is 3. The lowest BCUT2D eigenvalue weighted by atomic mass is 10.0. The van der Waals surface area contributed by atoms with Crippen LogP contribution >= 0.6 is 55.0 Å². The number of esters is 1. The van der Waals surface area contributed by atoms with Crippen molar-refractivity contribution in [1.82, 2.24) is 15.2 Å². The number of hydrogen-bond acceptors (Lipinski definition) is 9. The molecule has 5 aromatic rings. The summed E-state index contributed by atoms with van der Waals surface area (Å²) in [4.78, 5) is 44.2. The summed E-state index contributed by atoms with van der Waals surface area (Å²) in [5, 5.41) is 15.0. The summed E-state index contributed by atoms with van der Waals surface area (Å²) in [5.74, 6) is -1.49. The molecule has 13 heteroatoms. The fraction of sp³-hybridized carbons (Fsp3) is 0.125. The maximum atomic E-state index is 13.3. The van der Waals surface area contributed by atoms with Gasteiger partial charge in [0, 0.05) is 25.8 Å². The summed E-state index contributed by atoms with van der Waals surface area (Å²) in [6, 6.07) is 24.3. The molecule has 2 heterocycles. The van der Waals surface area contributed by atoms with Crippen molar-refractivity contribution in [1.29, 1.82) is 0 Å². The number of rotatable bonds is 10. The quantitative estimate of drug-likeness (QED) is 0.108. The molecule has 0 unspecified atom stereocenters. The molecule has 0 saturated heterocycles. The molecule has 5 rings (SSSR count). The fourth-order valence-corrected chi connectivity index (χ4v) is 6.49. The molecular formula is C32H25Br2N5O4S2. The Bertz CT molecular complexity index is 1850. The van der Waals surface area contributed by atoms with E-state index in [1.165, 1.54) is 0 Å². The molecule has 0 aliphatic carbocycles. The third kappa shape index (κ3) is 8.03. The fourth-order valence-electron chi connectivity index (χ4n) is 4.26. The van der Waals surface area contributed by atoms with Gasteiger partial charge in [0.2, 0.25) is 11.1 Å². The maximum absolute atomic E-state index is 13.3. The molecule has 0 aliphatic rings. The molecule has 228 valence electrons. The molecule has 45 heavy (non-hydrogen) atoms. The van der Waals surface area contributed by atoms with Gasteiger partial charge in [-0.15, -0.1) is 21.5 Å². The molecule has 0 saturated carbocycles. The van der Waals surface area contributed by atoms with Gasteiger partial charge in [-0.2, -0.15) is 0 Å². The second-order valence-corrected chi connectivity index (χ2v) is 13.2. The SMILES string of the molecule is CCOC(=O)c1sc(NC(=O)CSc2nnc(-c3ccc(Br)cc3)c(-c3ccc(Br)cc3)n2)c(C(=O)Nc2ccccc2)c1C. The highest BCUT2D eigenvalue weighted by Gasteiger charge is 2.27. The van der Waals surface area contributed by atoms with Crippen molar-refractivity contribution < 1.29 is 19.1 Å². The van der Waals surface area contributed by atoms with Crippen LogP contribution in [0.5, 0.6) is 0 Å². The summed E-state index contributed by atoms with van der Waals surface area (Å²) >= 11 is 9.04. The number of anilines is 2. The summed E-state index contributed by atoms with van der Waals surface area (Å²) in [6.45, 7) is 3.54. The second-order valence-electron chi connectivity index (χ2n) is 9.44. The number of amides is 2. The van der Waals surface area contributed by atoms with Gasteiger partial charge in [0.1, 0.15) is 21.3 Å². The Hall–Kier alpha value is -3.91. The Morgan fingerprint density at radius 3 is 2.09 bits per heavy atom. The van der Waals surface area contributed by atoms with Crippen LogP contribution in [-0.2, 0) is 9.53 Å². The number of hydrogen-bond donors (Lipinski definition) is 2. The van der Waals surface area contributed by atoms with E-state index >= 15 is 0 Å². The van der Waals surface area contributed by atoms with Gasteiger partial charge in [-0.05, 0) is 55.8 Å². The summed E-state index contributed by atoms with van der Waals surface area (Å²) in [7, 11) is 0. The van der Waals surface area contributed by atoms with Crippen LogP contribution in [-0.4, -0.2) is 45.3 Å². The van der Waals surface area contributed by atoms with E-state index in [0.717, 1.165) is 43.2 Å². The molecule has 2 amide bonds. The van der Waals surface area contributed by atoms with E-state index in [1.54, 1.807) is 38.1 Å². The van der Waals surface area contributed by atoms with Gasteiger partial charge < -0.3 is 15.4 Å². The molecule has 0 aliphatic heterocycles. The van der Waals surface area contributed by atoms with E-state index in [1.807, 2.05) is 54.6 Å². The molecule has 0 spiro atoms. The number of thioether (sulfide) groups is 1. The smallest absolute Gasteiger partial charge is 0.348 e. The minimum Gasteiger partial charge on any atom is -0.462 e. The van der Waals surface area contributed by atoms with Crippen molar-refractivity contribution >= 4 is 83.4 Å². The van der Waals surface area contributed by atoms with Crippen molar-refractivity contribution in [2.75, 3.05) is 23.0 Å². The number of thiophene rings is 1. The molecule has 0 fully saturated rings. The first kappa shape index (κ1) is 32.5. The number of para-hydroxylation sites is 1. The Labute approximate surface area is 284 Å². The first-order valence-corrected chi connectivity index (χ1v) is 17.0. The number of benzene rings is 3. The zero-order chi connectivity index (χ0) is 31.9. The summed E-state index contributed by atoms with van der Waals surface area (Å²) < 4.78 is 7.05. The van der Waals surface area contributed by atoms with Gasteiger partial charge in [0.05, 0.1) is 17.9 Å². The first-order valence-electron chi connectivity index (χ1n) is 13.6. The summed E-state index contributed by atoms with van der Waals surface area (Å²) in [6.07, 6.45) is 0. The van der Waals surface area contributed by atoms with Crippen LogP contribution < -0.4 is 10.6 Å². The van der Waals surface area contributed by atoms with Crippen molar-refractivity contribution in [3.05, 3.63) is 104 Å². The third-order valence-electron chi connectivity index (χ3n) is 6.35. The maximum Gasteiger partial charge on any atom is 0.348 e. The number of ether oxygens (including phenoxy) is 1. The Morgan fingerprint density at radius 2 is 1.47 bits per heavy atom. The van der Waals surface area contributed by atoms with Crippen LogP contribution in [0.3, 0.4) is 0 Å². The lowest BCUT2D eigenvalue weighted by Crippen LogP contribution is -2.19. The number of aromatic nitrogens is 3. The van der Waals surface area contributed by atoms with Crippen LogP contribution in [0, 0.1) is 6.92 Å². The Balaban J connectivity index is 1.38. The number of nitrogens with one attached hydrogen (secondary N) is 2. The van der Waals surface area contributed by atoms with E-state index in [9.17, 15) is 14.4 Å². The minimum atomic E-state index is -0.561. The molecular weight excluding hydrogens is 742 g/mol. The molecule has 3 aromatic carbocycles. The number of halogens is 2. The van der Waals surface area contributed by atoms with Crippen LogP contribution in [0.2, 0.25) is 0 Å². The van der Waals surface area contributed by atoms with E-state index in [2.05, 4.69) is 52.7 Å². The van der Waals surface area contributed by atoms with Gasteiger partial charge in [0.25, 0.3) is 5.91 Å². The topological polar surface area (TPSA) is 123 Å². The zero-order valence-electron chi connectivity index (χ0n) is 24.0. The lowest BCUT2D eigenvalue weighted by molar-refractivity contribution is -0.113. The van der Waals surface area contributed by atoms with Crippen LogP contribution in [0.25, 0.3) is 22.5 Å². The zero-order valence-corrected chi connectivity index (χ0v) is 28.8. The van der Waals surface area contributed by atoms with Crippen molar-refractivity contribution in [2.24, 2.45) is 0 Å². The minimum absolute atomic E-state index is 0.0650. The van der Waals surface area contributed by atoms with Crippen LogP contribution in [0.1, 0.15) is 32.5 Å². The third-order valence-corrected chi connectivity index (χ3v) is 9.44. The van der Waals surface area contributed by atoms with E-state index in [0.29, 0.717) is 27.8 Å². The Kier molecular flexibility index (Phi) is 10.8. The van der Waals surface area contributed by atoms with Gasteiger partial charge in [-0.3, -0.25) is 9.59 Å². The van der Waals surface area contributed by atoms with E-state index in [-0.39, 0.29) is 27.8 Å². The van der Waals surface area contributed by atoms with Crippen LogP contribution in [0.15, 0.2) is 93.0 Å². The largest absolute Gasteiger partial charge is 0.462 e. The van der Waals surface area contributed by atoms with Crippen LogP contribution in [0.4, 0.5) is 10.7 Å². The highest BCUT2D eigenvalue weighted by molar-refractivity contribution is 9.10. The standard InChI is InChI=1S/C32H25Br2N5O4S2/c1-3-43-31(42)28-18(2)25(29(41)35-23-7-5-4-6-8-23)30(45-28)36-24(40)17-44-32-37-26(19-9-13-21(33)14-10-19)27(38-39-32)20-11-15-22(34)16-12-20/h4-16H,3,17H2,1-2H3,(H,35,41)(H,36,40). The highest BCUT2D eigenvalue weighted by atomic mass is 79.9. The van der Waals surface area contributed by atoms with Gasteiger partial charge in [-0.25, -0.2) is 9.78 Å². The lowest BCUT2D eigenvalue weighted by Gasteiger charge is -2.10. The molecule has 0 radical (unpaired) electrons. The monoisotopic (exact) mass is 765 g/mol. The van der Waals surface area contributed by atoms with Gasteiger partial charge >= 0.3 is 5.97 Å². The number of nitrogens with zero attached hydrogens (tertiary/aromatic N) is 3. The Morgan fingerprint density at radius 1 is 0.844 bits per heavy atom. The number of carbonyl (C=O) groups excluding carboxylic acids is 3. The normalized spacial score (nSPS) is 10.8. The van der Waals surface area contributed by atoms with E-state index < -0.39 is 17.8 Å². The van der Waals surface area contributed by atoms with Crippen molar-refractivity contribution in [3.63, 3.8) is 0 Å². The van der Waals surface area contributed by atoms with E-state index in [4.69, 9.17) is 9.72 Å². The second kappa shape index (κ2) is 14.9. The van der Waals surface area contributed by atoms with Crippen molar-refractivity contribution in [3.8, 4) is 22.5 Å². The average molecular weight is 768 g/mol. The van der Waals surface area contributed by atoms with Crippen molar-refractivity contribution in [2.45, 2.75) is 19.0 Å². The molecule has 2 aromatic heterocycles. The molecule has 0 bridgehead atoms. The molecule has 9 nitrogen and oxygen atoms in total.